The number of carbonyl (C=O) groups excluding carboxylic acids is 1. The number of methoxy groups -OCH3 is 2. The molecule has 0 fully saturated rings. The van der Waals surface area contributed by atoms with Crippen LogP contribution in [-0.4, -0.2) is 26.0 Å². The third-order valence-electron chi connectivity index (χ3n) is 5.90. The molecule has 1 aliphatic rings. The first kappa shape index (κ1) is 23.9. The standard InChI is InChI=1S/C26H31F2NO3/c1-4-5-6-7-20-12-18-13-25(31-2)26(32-3)16-22(18)24(29-20)15-21(30)11-9-17-8-10-19(27)14-23(17)28/h8-11,13-14,16,20,24,29H,4-7,12,15H2,1-3H3/b11-9+/t20-,24+/m0/s1. The lowest BCUT2D eigenvalue weighted by atomic mass is 9.85. The van der Waals surface area contributed by atoms with Crippen LogP contribution in [0.3, 0.4) is 0 Å². The number of hydrogen-bond donors (Lipinski definition) is 1. The van der Waals surface area contributed by atoms with Crippen molar-refractivity contribution in [2.24, 2.45) is 0 Å². The van der Waals surface area contributed by atoms with Gasteiger partial charge in [-0.1, -0.05) is 26.2 Å². The summed E-state index contributed by atoms with van der Waals surface area (Å²) < 4.78 is 37.9. The maximum Gasteiger partial charge on any atom is 0.161 e. The highest BCUT2D eigenvalue weighted by molar-refractivity contribution is 5.94. The first-order valence-electron chi connectivity index (χ1n) is 11.1. The fraction of sp³-hybridized carbons (Fsp3) is 0.423. The molecule has 0 aliphatic carbocycles. The van der Waals surface area contributed by atoms with Crippen LogP contribution in [0.4, 0.5) is 8.78 Å². The molecule has 2 aromatic carbocycles. The number of halogens is 2. The Kier molecular flexibility index (Phi) is 8.39. The van der Waals surface area contributed by atoms with Gasteiger partial charge in [-0.15, -0.1) is 0 Å². The topological polar surface area (TPSA) is 47.6 Å². The molecule has 2 atom stereocenters. The second kappa shape index (κ2) is 11.2. The molecule has 4 nitrogen and oxygen atoms in total. The van der Waals surface area contributed by atoms with Gasteiger partial charge in [0.15, 0.2) is 17.3 Å². The molecule has 0 saturated heterocycles. The van der Waals surface area contributed by atoms with E-state index in [-0.39, 0.29) is 29.9 Å². The van der Waals surface area contributed by atoms with Gasteiger partial charge < -0.3 is 14.8 Å². The summed E-state index contributed by atoms with van der Waals surface area (Å²) in [6.07, 6.45) is 8.33. The summed E-state index contributed by atoms with van der Waals surface area (Å²) in [4.78, 5) is 12.7. The Hall–Kier alpha value is -2.73. The summed E-state index contributed by atoms with van der Waals surface area (Å²) >= 11 is 0. The Bertz CT molecular complexity index is 974. The van der Waals surface area contributed by atoms with Crippen molar-refractivity contribution < 1.29 is 23.0 Å². The van der Waals surface area contributed by atoms with Gasteiger partial charge in [0, 0.05) is 30.1 Å². The van der Waals surface area contributed by atoms with Crippen LogP contribution in [0.2, 0.25) is 0 Å². The van der Waals surface area contributed by atoms with Crippen molar-refractivity contribution in [3.63, 3.8) is 0 Å². The van der Waals surface area contributed by atoms with Crippen LogP contribution in [-0.2, 0) is 11.2 Å². The zero-order valence-electron chi connectivity index (χ0n) is 18.9. The fourth-order valence-electron chi connectivity index (χ4n) is 4.22. The molecule has 1 aliphatic heterocycles. The smallest absolute Gasteiger partial charge is 0.161 e. The van der Waals surface area contributed by atoms with Crippen LogP contribution in [0.25, 0.3) is 6.08 Å². The third kappa shape index (κ3) is 5.94. The zero-order valence-corrected chi connectivity index (χ0v) is 18.9. The highest BCUT2D eigenvalue weighted by Crippen LogP contribution is 2.38. The molecule has 0 saturated carbocycles. The number of ketones is 1. The molecule has 0 amide bonds. The van der Waals surface area contributed by atoms with Crippen LogP contribution < -0.4 is 14.8 Å². The summed E-state index contributed by atoms with van der Waals surface area (Å²) in [5.74, 6) is -0.173. The van der Waals surface area contributed by atoms with Crippen molar-refractivity contribution in [1.82, 2.24) is 5.32 Å². The molecule has 0 bridgehead atoms. The number of hydrogen-bond acceptors (Lipinski definition) is 4. The van der Waals surface area contributed by atoms with Crippen molar-refractivity contribution in [3.05, 3.63) is 64.7 Å². The summed E-state index contributed by atoms with van der Waals surface area (Å²) in [5, 5.41) is 3.63. The number of fused-ring (bicyclic) bond motifs is 1. The number of unbranched alkanes of at least 4 members (excludes halogenated alkanes) is 2. The van der Waals surface area contributed by atoms with Gasteiger partial charge in [0.1, 0.15) is 11.6 Å². The number of rotatable bonds is 10. The van der Waals surface area contributed by atoms with E-state index in [4.69, 9.17) is 9.47 Å². The first-order valence-corrected chi connectivity index (χ1v) is 11.1. The normalized spacial score (nSPS) is 17.9. The van der Waals surface area contributed by atoms with Gasteiger partial charge >= 0.3 is 0 Å². The van der Waals surface area contributed by atoms with E-state index in [9.17, 15) is 13.6 Å². The Balaban J connectivity index is 1.81. The van der Waals surface area contributed by atoms with Gasteiger partial charge in [-0.25, -0.2) is 8.78 Å². The average Bonchev–Trinajstić information content (AvgIpc) is 2.77. The highest BCUT2D eigenvalue weighted by Gasteiger charge is 2.29. The molecule has 0 aromatic heterocycles. The quantitative estimate of drug-likeness (QED) is 0.373. The van der Waals surface area contributed by atoms with Crippen LogP contribution in [0, 0.1) is 11.6 Å². The number of ether oxygens (including phenoxy) is 2. The maximum absolute atomic E-state index is 13.9. The Morgan fingerprint density at radius 1 is 1.12 bits per heavy atom. The van der Waals surface area contributed by atoms with E-state index < -0.39 is 11.6 Å². The van der Waals surface area contributed by atoms with Gasteiger partial charge in [-0.05, 0) is 60.4 Å². The third-order valence-corrected chi connectivity index (χ3v) is 5.90. The molecule has 6 heteroatoms. The molecule has 2 aromatic rings. The second-order valence-corrected chi connectivity index (χ2v) is 8.19. The predicted octanol–water partition coefficient (Wildman–Crippen LogP) is 5.79. The van der Waals surface area contributed by atoms with E-state index >= 15 is 0 Å². The van der Waals surface area contributed by atoms with Crippen molar-refractivity contribution in [2.75, 3.05) is 14.2 Å². The van der Waals surface area contributed by atoms with Crippen molar-refractivity contribution in [3.8, 4) is 11.5 Å². The summed E-state index contributed by atoms with van der Waals surface area (Å²) in [6, 6.07) is 7.33. The lowest BCUT2D eigenvalue weighted by Gasteiger charge is -2.34. The molecular weight excluding hydrogens is 412 g/mol. The zero-order chi connectivity index (χ0) is 23.1. The van der Waals surface area contributed by atoms with Crippen LogP contribution in [0.15, 0.2) is 36.4 Å². The van der Waals surface area contributed by atoms with Gasteiger partial charge in [0.25, 0.3) is 0 Å². The Morgan fingerprint density at radius 2 is 1.88 bits per heavy atom. The van der Waals surface area contributed by atoms with E-state index in [1.807, 2.05) is 12.1 Å². The molecule has 0 unspecified atom stereocenters. The lowest BCUT2D eigenvalue weighted by molar-refractivity contribution is -0.115. The summed E-state index contributed by atoms with van der Waals surface area (Å²) in [7, 11) is 3.21. The van der Waals surface area contributed by atoms with E-state index in [0.29, 0.717) is 11.5 Å². The monoisotopic (exact) mass is 443 g/mol. The predicted molar refractivity (Wildman–Crippen MR) is 122 cm³/mol. The van der Waals surface area contributed by atoms with Gasteiger partial charge in [0.05, 0.1) is 14.2 Å². The van der Waals surface area contributed by atoms with E-state index in [2.05, 4.69) is 12.2 Å². The second-order valence-electron chi connectivity index (χ2n) is 8.19. The van der Waals surface area contributed by atoms with E-state index in [0.717, 1.165) is 42.9 Å². The Labute approximate surface area is 188 Å². The van der Waals surface area contributed by atoms with Crippen LogP contribution >= 0.6 is 0 Å². The first-order chi connectivity index (χ1) is 15.4. The number of allylic oxidation sites excluding steroid dienone is 1. The highest BCUT2D eigenvalue weighted by atomic mass is 19.1. The molecule has 0 spiro atoms. The number of benzene rings is 2. The van der Waals surface area contributed by atoms with E-state index in [1.54, 1.807) is 14.2 Å². The maximum atomic E-state index is 13.9. The Morgan fingerprint density at radius 3 is 2.56 bits per heavy atom. The lowest BCUT2D eigenvalue weighted by Crippen LogP contribution is -2.40. The van der Waals surface area contributed by atoms with Crippen molar-refractivity contribution >= 4 is 11.9 Å². The minimum absolute atomic E-state index is 0.138. The minimum atomic E-state index is -0.692. The SMILES string of the molecule is CCCCC[C@H]1Cc2cc(OC)c(OC)cc2[C@@H](CC(=O)/C=C/c2ccc(F)cc2F)N1. The average molecular weight is 444 g/mol. The number of nitrogens with one attached hydrogen (secondary N) is 1. The van der Waals surface area contributed by atoms with Crippen molar-refractivity contribution in [2.45, 2.75) is 57.5 Å². The minimum Gasteiger partial charge on any atom is -0.493 e. The summed E-state index contributed by atoms with van der Waals surface area (Å²) in [6.45, 7) is 2.18. The molecular formula is C26H31F2NO3. The van der Waals surface area contributed by atoms with E-state index in [1.165, 1.54) is 30.7 Å². The van der Waals surface area contributed by atoms with Crippen LogP contribution in [0.5, 0.6) is 11.5 Å². The largest absolute Gasteiger partial charge is 0.493 e. The molecule has 1 heterocycles. The molecule has 1 N–H and O–H groups in total. The van der Waals surface area contributed by atoms with Gasteiger partial charge in [-0.2, -0.15) is 0 Å². The van der Waals surface area contributed by atoms with Gasteiger partial charge in [0.2, 0.25) is 0 Å². The molecule has 0 radical (unpaired) electrons. The number of carbonyl (C=O) groups is 1. The fourth-order valence-corrected chi connectivity index (χ4v) is 4.22. The van der Waals surface area contributed by atoms with Gasteiger partial charge in [-0.3, -0.25) is 4.79 Å². The molecule has 172 valence electrons. The summed E-state index contributed by atoms with van der Waals surface area (Å²) in [5.41, 5.74) is 2.35. The molecule has 3 rings (SSSR count). The van der Waals surface area contributed by atoms with Crippen LogP contribution in [0.1, 0.15) is 61.8 Å². The molecule has 32 heavy (non-hydrogen) atoms. The van der Waals surface area contributed by atoms with Crippen molar-refractivity contribution in [1.29, 1.82) is 0 Å².